The molecule has 0 bridgehead atoms. The lowest BCUT2D eigenvalue weighted by Gasteiger charge is -2.32. The summed E-state index contributed by atoms with van der Waals surface area (Å²) in [6.07, 6.45) is 0. The standard InChI is InChI=1S/C12H15ClN4O2S/c1-16-4-6-17(7-5-16)15-20(18,19)12-3-2-10(9-14)8-11(12)13/h2-3,8,15H,4-7H2,1H3. The highest BCUT2D eigenvalue weighted by atomic mass is 35.5. The van der Waals surface area contributed by atoms with E-state index in [0.29, 0.717) is 18.7 Å². The van der Waals surface area contributed by atoms with Crippen molar-refractivity contribution in [3.63, 3.8) is 0 Å². The van der Waals surface area contributed by atoms with Gasteiger partial charge in [-0.25, -0.2) is 13.4 Å². The Morgan fingerprint density at radius 1 is 1.30 bits per heavy atom. The van der Waals surface area contributed by atoms with Crippen LogP contribution in [0.2, 0.25) is 5.02 Å². The topological polar surface area (TPSA) is 76.4 Å². The van der Waals surface area contributed by atoms with Gasteiger partial charge in [0.05, 0.1) is 16.7 Å². The maximum Gasteiger partial charge on any atom is 0.254 e. The van der Waals surface area contributed by atoms with Gasteiger partial charge in [0, 0.05) is 26.2 Å². The van der Waals surface area contributed by atoms with Crippen LogP contribution < -0.4 is 4.83 Å². The molecule has 0 aromatic heterocycles. The first-order valence-electron chi connectivity index (χ1n) is 6.08. The molecule has 1 heterocycles. The normalized spacial score (nSPS) is 17.9. The van der Waals surface area contributed by atoms with Crippen molar-refractivity contribution in [3.8, 4) is 6.07 Å². The Bertz CT molecular complexity index is 633. The van der Waals surface area contributed by atoms with Gasteiger partial charge in [0.2, 0.25) is 0 Å². The summed E-state index contributed by atoms with van der Waals surface area (Å²) in [6, 6.07) is 6.05. The molecule has 1 aromatic rings. The second kappa shape index (κ2) is 6.08. The lowest BCUT2D eigenvalue weighted by molar-refractivity contribution is 0.135. The third-order valence-electron chi connectivity index (χ3n) is 3.10. The Morgan fingerprint density at radius 2 is 1.95 bits per heavy atom. The van der Waals surface area contributed by atoms with Gasteiger partial charge in [0.15, 0.2) is 0 Å². The Hall–Kier alpha value is -1.17. The molecule has 8 heteroatoms. The second-order valence-electron chi connectivity index (χ2n) is 4.64. The molecule has 0 atom stereocenters. The van der Waals surface area contributed by atoms with Gasteiger partial charge < -0.3 is 4.90 Å². The van der Waals surface area contributed by atoms with Crippen LogP contribution >= 0.6 is 11.6 Å². The molecule has 20 heavy (non-hydrogen) atoms. The first-order valence-corrected chi connectivity index (χ1v) is 7.94. The van der Waals surface area contributed by atoms with Gasteiger partial charge in [-0.15, -0.1) is 4.83 Å². The number of rotatable bonds is 3. The van der Waals surface area contributed by atoms with E-state index in [1.54, 1.807) is 5.01 Å². The Morgan fingerprint density at radius 3 is 2.50 bits per heavy atom. The first-order chi connectivity index (χ1) is 9.42. The molecule has 1 aromatic carbocycles. The van der Waals surface area contributed by atoms with Gasteiger partial charge in [-0.2, -0.15) is 5.26 Å². The highest BCUT2D eigenvalue weighted by molar-refractivity contribution is 7.89. The summed E-state index contributed by atoms with van der Waals surface area (Å²) in [6.45, 7) is 2.82. The minimum Gasteiger partial charge on any atom is -0.304 e. The van der Waals surface area contributed by atoms with Crippen molar-refractivity contribution in [2.45, 2.75) is 4.90 Å². The summed E-state index contributed by atoms with van der Waals surface area (Å²) in [4.78, 5) is 4.63. The van der Waals surface area contributed by atoms with E-state index in [4.69, 9.17) is 16.9 Å². The van der Waals surface area contributed by atoms with Crippen LogP contribution in [0.25, 0.3) is 0 Å². The average Bonchev–Trinajstić information content (AvgIpc) is 2.40. The maximum atomic E-state index is 12.3. The summed E-state index contributed by atoms with van der Waals surface area (Å²) in [7, 11) is -1.73. The molecular weight excluding hydrogens is 300 g/mol. The van der Waals surface area contributed by atoms with Crippen molar-refractivity contribution < 1.29 is 8.42 Å². The van der Waals surface area contributed by atoms with E-state index in [9.17, 15) is 8.42 Å². The predicted octanol–water partition coefficient (Wildman–Crippen LogP) is 0.652. The van der Waals surface area contributed by atoms with Crippen LogP contribution in [0.1, 0.15) is 5.56 Å². The van der Waals surface area contributed by atoms with E-state index >= 15 is 0 Å². The third-order valence-corrected chi connectivity index (χ3v) is 4.96. The lowest BCUT2D eigenvalue weighted by Crippen LogP contribution is -2.52. The third kappa shape index (κ3) is 3.48. The smallest absolute Gasteiger partial charge is 0.254 e. The summed E-state index contributed by atoms with van der Waals surface area (Å²) >= 11 is 5.94. The Kier molecular flexibility index (Phi) is 4.62. The minimum atomic E-state index is -3.72. The number of benzene rings is 1. The number of nitriles is 1. The summed E-state index contributed by atoms with van der Waals surface area (Å²) in [5.74, 6) is 0. The largest absolute Gasteiger partial charge is 0.304 e. The fraction of sp³-hybridized carbons (Fsp3) is 0.417. The molecule has 0 saturated carbocycles. The number of likely N-dealkylation sites (N-methyl/N-ethyl adjacent to an activating group) is 1. The number of halogens is 1. The monoisotopic (exact) mass is 314 g/mol. The minimum absolute atomic E-state index is 0.0166. The molecule has 108 valence electrons. The SMILES string of the molecule is CN1CCN(NS(=O)(=O)c2ccc(C#N)cc2Cl)CC1. The fourth-order valence-corrected chi connectivity index (χ4v) is 3.57. The van der Waals surface area contributed by atoms with Crippen LogP contribution in [0, 0.1) is 11.3 Å². The highest BCUT2D eigenvalue weighted by Crippen LogP contribution is 2.22. The Balaban J connectivity index is 2.16. The lowest BCUT2D eigenvalue weighted by atomic mass is 10.2. The number of hydrogen-bond acceptors (Lipinski definition) is 5. The highest BCUT2D eigenvalue weighted by Gasteiger charge is 2.23. The number of nitrogens with one attached hydrogen (secondary N) is 1. The quantitative estimate of drug-likeness (QED) is 0.886. The van der Waals surface area contributed by atoms with E-state index in [1.165, 1.54) is 18.2 Å². The molecule has 2 rings (SSSR count). The maximum absolute atomic E-state index is 12.3. The van der Waals surface area contributed by atoms with Crippen molar-refractivity contribution in [1.82, 2.24) is 14.7 Å². The van der Waals surface area contributed by atoms with Gasteiger partial charge in [0.25, 0.3) is 10.0 Å². The molecule has 1 N–H and O–H groups in total. The van der Waals surface area contributed by atoms with E-state index in [1.807, 2.05) is 13.1 Å². The zero-order valence-electron chi connectivity index (χ0n) is 11.0. The summed E-state index contributed by atoms with van der Waals surface area (Å²) in [5.41, 5.74) is 0.327. The van der Waals surface area contributed by atoms with E-state index in [-0.39, 0.29) is 9.92 Å². The van der Waals surface area contributed by atoms with E-state index < -0.39 is 10.0 Å². The number of piperazine rings is 1. The molecule has 1 aliphatic heterocycles. The van der Waals surface area contributed by atoms with Crippen LogP contribution in [0.15, 0.2) is 23.1 Å². The number of hydrazine groups is 1. The molecule has 0 amide bonds. The van der Waals surface area contributed by atoms with Crippen LogP contribution in [-0.2, 0) is 10.0 Å². The predicted molar refractivity (Wildman–Crippen MR) is 75.6 cm³/mol. The zero-order valence-corrected chi connectivity index (χ0v) is 12.6. The van der Waals surface area contributed by atoms with Crippen LogP contribution in [0.4, 0.5) is 0 Å². The van der Waals surface area contributed by atoms with Crippen molar-refractivity contribution in [3.05, 3.63) is 28.8 Å². The number of hydrogen-bond donors (Lipinski definition) is 1. The van der Waals surface area contributed by atoms with Crippen molar-refractivity contribution in [1.29, 1.82) is 5.26 Å². The zero-order chi connectivity index (χ0) is 14.8. The van der Waals surface area contributed by atoms with Gasteiger partial charge in [-0.05, 0) is 25.2 Å². The van der Waals surface area contributed by atoms with Crippen molar-refractivity contribution in [2.24, 2.45) is 0 Å². The number of nitrogens with zero attached hydrogens (tertiary/aromatic N) is 3. The van der Waals surface area contributed by atoms with E-state index in [2.05, 4.69) is 9.73 Å². The molecule has 0 aliphatic carbocycles. The average molecular weight is 315 g/mol. The van der Waals surface area contributed by atoms with Gasteiger partial charge in [-0.1, -0.05) is 11.6 Å². The van der Waals surface area contributed by atoms with E-state index in [0.717, 1.165) is 13.1 Å². The Labute approximate surface area is 123 Å². The first kappa shape index (κ1) is 15.2. The molecule has 1 aliphatic rings. The number of sulfonamides is 1. The van der Waals surface area contributed by atoms with Crippen molar-refractivity contribution >= 4 is 21.6 Å². The van der Waals surface area contributed by atoms with Gasteiger partial charge >= 0.3 is 0 Å². The molecule has 6 nitrogen and oxygen atoms in total. The summed E-state index contributed by atoms with van der Waals surface area (Å²) < 4.78 is 24.5. The van der Waals surface area contributed by atoms with Gasteiger partial charge in [-0.3, -0.25) is 0 Å². The van der Waals surface area contributed by atoms with Crippen LogP contribution in [0.3, 0.4) is 0 Å². The molecular formula is C12H15ClN4O2S. The second-order valence-corrected chi connectivity index (χ2v) is 6.68. The molecule has 0 unspecified atom stereocenters. The molecule has 1 fully saturated rings. The molecule has 0 spiro atoms. The fourth-order valence-electron chi connectivity index (χ4n) is 1.91. The van der Waals surface area contributed by atoms with Crippen LogP contribution in [-0.4, -0.2) is 51.6 Å². The molecule has 0 radical (unpaired) electrons. The molecule has 1 saturated heterocycles. The summed E-state index contributed by atoms with van der Waals surface area (Å²) in [5, 5.41) is 10.5. The van der Waals surface area contributed by atoms with Gasteiger partial charge in [0.1, 0.15) is 4.90 Å². The van der Waals surface area contributed by atoms with Crippen molar-refractivity contribution in [2.75, 3.05) is 33.2 Å². The van der Waals surface area contributed by atoms with Crippen LogP contribution in [0.5, 0.6) is 0 Å².